The van der Waals surface area contributed by atoms with Crippen molar-refractivity contribution in [1.82, 2.24) is 4.98 Å². The van der Waals surface area contributed by atoms with E-state index in [2.05, 4.69) is 10.3 Å². The van der Waals surface area contributed by atoms with Gasteiger partial charge in [-0.25, -0.2) is 4.98 Å². The minimum Gasteiger partial charge on any atom is -0.397 e. The summed E-state index contributed by atoms with van der Waals surface area (Å²) in [6, 6.07) is 10.6. The summed E-state index contributed by atoms with van der Waals surface area (Å²) in [5, 5.41) is 3.82. The summed E-state index contributed by atoms with van der Waals surface area (Å²) in [4.78, 5) is 16.3. The first-order valence-corrected chi connectivity index (χ1v) is 7.25. The highest BCUT2D eigenvalue weighted by Crippen LogP contribution is 2.24. The molecule has 2 rings (SSSR count). The second-order valence-corrected chi connectivity index (χ2v) is 5.92. The highest BCUT2D eigenvalue weighted by atomic mass is 35.5. The number of carbonyl (C=O) groups is 1. The van der Waals surface area contributed by atoms with Crippen molar-refractivity contribution in [3.05, 3.63) is 47.6 Å². The maximum absolute atomic E-state index is 12.1. The van der Waals surface area contributed by atoms with Gasteiger partial charge in [0.15, 0.2) is 0 Å². The van der Waals surface area contributed by atoms with Gasteiger partial charge in [0, 0.05) is 11.9 Å². The van der Waals surface area contributed by atoms with Crippen LogP contribution in [0, 0.1) is 0 Å². The van der Waals surface area contributed by atoms with Crippen molar-refractivity contribution in [3.8, 4) is 0 Å². The van der Waals surface area contributed by atoms with E-state index in [1.165, 1.54) is 11.8 Å². The number of aromatic nitrogens is 1. The first kappa shape index (κ1) is 14.7. The van der Waals surface area contributed by atoms with Crippen LogP contribution in [0.4, 0.5) is 11.4 Å². The van der Waals surface area contributed by atoms with Crippen LogP contribution >= 0.6 is 23.4 Å². The Balaban J connectivity index is 1.99. The molecule has 1 aromatic heterocycles. The van der Waals surface area contributed by atoms with Crippen LogP contribution in [0.3, 0.4) is 0 Å². The molecular formula is C14H14ClN3OS. The van der Waals surface area contributed by atoms with Crippen molar-refractivity contribution in [1.29, 1.82) is 0 Å². The third-order valence-electron chi connectivity index (χ3n) is 2.57. The van der Waals surface area contributed by atoms with Crippen LogP contribution < -0.4 is 11.1 Å². The Morgan fingerprint density at radius 2 is 2.20 bits per heavy atom. The Morgan fingerprint density at radius 3 is 2.85 bits per heavy atom. The molecule has 1 atom stereocenters. The smallest absolute Gasteiger partial charge is 0.237 e. The van der Waals surface area contributed by atoms with Crippen molar-refractivity contribution in [2.45, 2.75) is 17.2 Å². The summed E-state index contributed by atoms with van der Waals surface area (Å²) >= 11 is 7.23. The molecular weight excluding hydrogens is 294 g/mol. The molecule has 4 nitrogen and oxygen atoms in total. The van der Waals surface area contributed by atoms with E-state index in [9.17, 15) is 4.79 Å². The van der Waals surface area contributed by atoms with Gasteiger partial charge in [-0.1, -0.05) is 29.4 Å². The van der Waals surface area contributed by atoms with Gasteiger partial charge in [0.1, 0.15) is 0 Å². The number of hydrogen-bond acceptors (Lipinski definition) is 4. The van der Waals surface area contributed by atoms with Crippen molar-refractivity contribution in [3.63, 3.8) is 0 Å². The number of pyridine rings is 1. The van der Waals surface area contributed by atoms with E-state index >= 15 is 0 Å². The molecule has 3 N–H and O–H groups in total. The molecule has 1 unspecified atom stereocenters. The summed E-state index contributed by atoms with van der Waals surface area (Å²) in [5.41, 5.74) is 6.77. The number of benzene rings is 1. The summed E-state index contributed by atoms with van der Waals surface area (Å²) in [5.74, 6) is -0.109. The standard InChI is InChI=1S/C14H14ClN3OS/c1-9(20-13-4-2-3-7-17-13)14(19)18-10-5-6-11(15)12(16)8-10/h2-9H,16H2,1H3,(H,18,19). The predicted molar refractivity (Wildman–Crippen MR) is 84.1 cm³/mol. The van der Waals surface area contributed by atoms with Crippen molar-refractivity contribution >= 4 is 40.6 Å². The molecule has 1 heterocycles. The number of thioether (sulfide) groups is 1. The third-order valence-corrected chi connectivity index (χ3v) is 3.96. The molecule has 0 radical (unpaired) electrons. The highest BCUT2D eigenvalue weighted by molar-refractivity contribution is 8.00. The van der Waals surface area contributed by atoms with Crippen molar-refractivity contribution in [2.24, 2.45) is 0 Å². The molecule has 0 saturated heterocycles. The summed E-state index contributed by atoms with van der Waals surface area (Å²) in [7, 11) is 0. The normalized spacial score (nSPS) is 11.9. The Kier molecular flexibility index (Phi) is 4.87. The van der Waals surface area contributed by atoms with E-state index in [4.69, 9.17) is 17.3 Å². The van der Waals surface area contributed by atoms with Crippen LogP contribution in [0.1, 0.15) is 6.92 Å². The number of anilines is 2. The highest BCUT2D eigenvalue weighted by Gasteiger charge is 2.15. The first-order valence-electron chi connectivity index (χ1n) is 6.00. The number of hydrogen-bond donors (Lipinski definition) is 2. The van der Waals surface area contributed by atoms with Crippen LogP contribution in [-0.4, -0.2) is 16.1 Å². The van der Waals surface area contributed by atoms with Crippen LogP contribution in [0.2, 0.25) is 5.02 Å². The lowest BCUT2D eigenvalue weighted by atomic mass is 10.2. The summed E-state index contributed by atoms with van der Waals surface area (Å²) in [6.45, 7) is 1.83. The van der Waals surface area contributed by atoms with E-state index in [1.54, 1.807) is 24.4 Å². The topological polar surface area (TPSA) is 68.0 Å². The van der Waals surface area contributed by atoms with E-state index in [0.717, 1.165) is 5.03 Å². The SMILES string of the molecule is CC(Sc1ccccn1)C(=O)Nc1ccc(Cl)c(N)c1. The number of rotatable bonds is 4. The van der Waals surface area contributed by atoms with E-state index in [0.29, 0.717) is 16.4 Å². The fraction of sp³-hybridized carbons (Fsp3) is 0.143. The molecule has 2 aromatic rings. The predicted octanol–water partition coefficient (Wildman–Crippen LogP) is 3.44. The van der Waals surface area contributed by atoms with Crippen molar-refractivity contribution in [2.75, 3.05) is 11.1 Å². The van der Waals surface area contributed by atoms with E-state index in [-0.39, 0.29) is 11.2 Å². The quantitative estimate of drug-likeness (QED) is 0.670. The Labute approximate surface area is 126 Å². The molecule has 104 valence electrons. The summed E-state index contributed by atoms with van der Waals surface area (Å²) in [6.07, 6.45) is 1.70. The molecule has 1 amide bonds. The Bertz CT molecular complexity index is 607. The maximum Gasteiger partial charge on any atom is 0.237 e. The molecule has 1 aromatic carbocycles. The van der Waals surface area contributed by atoms with Gasteiger partial charge in [-0.3, -0.25) is 4.79 Å². The number of nitrogens with zero attached hydrogens (tertiary/aromatic N) is 1. The van der Waals surface area contributed by atoms with Crippen molar-refractivity contribution < 1.29 is 4.79 Å². The zero-order valence-corrected chi connectivity index (χ0v) is 12.4. The number of nitrogens with one attached hydrogen (secondary N) is 1. The first-order chi connectivity index (χ1) is 9.56. The van der Waals surface area contributed by atoms with E-state index < -0.39 is 0 Å². The molecule has 0 saturated carbocycles. The van der Waals surface area contributed by atoms with Gasteiger partial charge in [0.05, 0.1) is 21.0 Å². The second-order valence-electron chi connectivity index (χ2n) is 4.15. The number of nitrogens with two attached hydrogens (primary N) is 1. The molecule has 0 aliphatic rings. The van der Waals surface area contributed by atoms with Crippen LogP contribution in [0.25, 0.3) is 0 Å². The molecule has 0 aliphatic carbocycles. The lowest BCUT2D eigenvalue weighted by Gasteiger charge is -2.12. The number of halogens is 1. The monoisotopic (exact) mass is 307 g/mol. The number of nitrogen functional groups attached to an aromatic ring is 1. The number of carbonyl (C=O) groups excluding carboxylic acids is 1. The lowest BCUT2D eigenvalue weighted by molar-refractivity contribution is -0.115. The Morgan fingerprint density at radius 1 is 1.40 bits per heavy atom. The second kappa shape index (κ2) is 6.63. The van der Waals surface area contributed by atoms with Crippen LogP contribution in [0.15, 0.2) is 47.6 Å². The van der Waals surface area contributed by atoms with Gasteiger partial charge in [-0.15, -0.1) is 0 Å². The fourth-order valence-corrected chi connectivity index (χ4v) is 2.44. The van der Waals surface area contributed by atoms with E-state index in [1.807, 2.05) is 25.1 Å². The van der Waals surface area contributed by atoms with Gasteiger partial charge < -0.3 is 11.1 Å². The molecule has 0 aliphatic heterocycles. The lowest BCUT2D eigenvalue weighted by Crippen LogP contribution is -2.22. The zero-order valence-electron chi connectivity index (χ0n) is 10.8. The largest absolute Gasteiger partial charge is 0.397 e. The molecule has 0 fully saturated rings. The minimum atomic E-state index is -0.262. The number of amides is 1. The molecule has 0 bridgehead atoms. The summed E-state index contributed by atoms with van der Waals surface area (Å²) < 4.78 is 0. The van der Waals surface area contributed by atoms with Gasteiger partial charge >= 0.3 is 0 Å². The average Bonchev–Trinajstić information content (AvgIpc) is 2.44. The third kappa shape index (κ3) is 3.88. The van der Waals surface area contributed by atoms with Crippen LogP contribution in [0.5, 0.6) is 0 Å². The van der Waals surface area contributed by atoms with Gasteiger partial charge in [0.25, 0.3) is 0 Å². The Hall–Kier alpha value is -1.72. The minimum absolute atomic E-state index is 0.109. The average molecular weight is 308 g/mol. The van der Waals surface area contributed by atoms with Crippen LogP contribution in [-0.2, 0) is 4.79 Å². The van der Waals surface area contributed by atoms with Gasteiger partial charge in [0.2, 0.25) is 5.91 Å². The zero-order chi connectivity index (χ0) is 14.5. The molecule has 0 spiro atoms. The molecule has 20 heavy (non-hydrogen) atoms. The molecule has 6 heteroatoms. The fourth-order valence-electron chi connectivity index (χ4n) is 1.52. The maximum atomic E-state index is 12.1. The van der Waals surface area contributed by atoms with Gasteiger partial charge in [-0.2, -0.15) is 0 Å². The van der Waals surface area contributed by atoms with Gasteiger partial charge in [-0.05, 0) is 37.3 Å².